The molecule has 5 nitrogen and oxygen atoms in total. The van der Waals surface area contributed by atoms with Crippen LogP contribution in [0.2, 0.25) is 0 Å². The van der Waals surface area contributed by atoms with E-state index in [-0.39, 0.29) is 6.04 Å². The van der Waals surface area contributed by atoms with Gasteiger partial charge in [0, 0.05) is 25.2 Å². The van der Waals surface area contributed by atoms with Gasteiger partial charge in [-0.2, -0.15) is 0 Å². The van der Waals surface area contributed by atoms with Gasteiger partial charge in [-0.05, 0) is 43.4 Å². The number of hydrogen-bond acceptors (Lipinski definition) is 4. The molecule has 1 saturated carbocycles. The molecule has 2 fully saturated rings. The predicted octanol–water partition coefficient (Wildman–Crippen LogP) is 1.40. The van der Waals surface area contributed by atoms with Crippen molar-refractivity contribution < 1.29 is 13.2 Å². The van der Waals surface area contributed by atoms with E-state index < -0.39 is 10.0 Å². The Balaban J connectivity index is 1.60. The number of nitrogens with one attached hydrogen (secondary N) is 2. The van der Waals surface area contributed by atoms with Crippen LogP contribution in [0.15, 0.2) is 29.2 Å². The van der Waals surface area contributed by atoms with E-state index in [2.05, 4.69) is 10.0 Å². The summed E-state index contributed by atoms with van der Waals surface area (Å²) in [4.78, 5) is 0.322. The lowest BCUT2D eigenvalue weighted by molar-refractivity contribution is 0.0774. The van der Waals surface area contributed by atoms with Crippen molar-refractivity contribution in [2.45, 2.75) is 49.2 Å². The summed E-state index contributed by atoms with van der Waals surface area (Å²) in [7, 11) is -3.45. The zero-order valence-corrected chi connectivity index (χ0v) is 12.9. The summed E-state index contributed by atoms with van der Waals surface area (Å²) in [6, 6.07) is 7.65. The molecule has 1 saturated heterocycles. The molecule has 1 aliphatic carbocycles. The topological polar surface area (TPSA) is 67.4 Å². The van der Waals surface area contributed by atoms with E-state index in [1.54, 1.807) is 12.1 Å². The van der Waals surface area contributed by atoms with Crippen LogP contribution in [0.5, 0.6) is 0 Å². The molecule has 0 bridgehead atoms. The lowest BCUT2D eigenvalue weighted by Crippen LogP contribution is -2.40. The van der Waals surface area contributed by atoms with Crippen LogP contribution < -0.4 is 10.0 Å². The van der Waals surface area contributed by atoms with Crippen LogP contribution in [0.1, 0.15) is 31.2 Å². The molecule has 0 amide bonds. The van der Waals surface area contributed by atoms with Crippen LogP contribution in [-0.2, 0) is 21.3 Å². The zero-order chi connectivity index (χ0) is 14.7. The van der Waals surface area contributed by atoms with E-state index in [9.17, 15) is 8.42 Å². The first kappa shape index (κ1) is 15.0. The molecule has 21 heavy (non-hydrogen) atoms. The van der Waals surface area contributed by atoms with Crippen LogP contribution in [0.4, 0.5) is 0 Å². The Morgan fingerprint density at radius 3 is 2.48 bits per heavy atom. The summed E-state index contributed by atoms with van der Waals surface area (Å²) in [6.07, 6.45) is 4.24. The van der Waals surface area contributed by atoms with Crippen LogP contribution in [0, 0.1) is 0 Å². The molecule has 0 radical (unpaired) electrons. The third-order valence-corrected chi connectivity index (χ3v) is 5.42. The van der Waals surface area contributed by atoms with E-state index in [1.165, 1.54) is 12.8 Å². The summed E-state index contributed by atoms with van der Waals surface area (Å²) >= 11 is 0. The number of sulfonamides is 1. The van der Waals surface area contributed by atoms with Gasteiger partial charge >= 0.3 is 0 Å². The molecule has 1 aromatic rings. The maximum atomic E-state index is 12.3. The highest BCUT2D eigenvalue weighted by molar-refractivity contribution is 7.89. The second-order valence-electron chi connectivity index (χ2n) is 5.83. The third-order valence-electron chi connectivity index (χ3n) is 3.89. The summed E-state index contributed by atoms with van der Waals surface area (Å²) in [5, 5.41) is 3.42. The predicted molar refractivity (Wildman–Crippen MR) is 80.5 cm³/mol. The molecule has 1 aromatic carbocycles. The monoisotopic (exact) mass is 310 g/mol. The van der Waals surface area contributed by atoms with Crippen molar-refractivity contribution in [1.82, 2.24) is 10.0 Å². The van der Waals surface area contributed by atoms with Gasteiger partial charge in [-0.3, -0.25) is 0 Å². The van der Waals surface area contributed by atoms with Crippen LogP contribution in [-0.4, -0.2) is 33.7 Å². The number of hydrogen-bond donors (Lipinski definition) is 2. The Labute approximate surface area is 126 Å². The highest BCUT2D eigenvalue weighted by Gasteiger charge is 2.22. The molecule has 0 spiro atoms. The van der Waals surface area contributed by atoms with Crippen LogP contribution in [0.3, 0.4) is 0 Å². The Kier molecular flexibility index (Phi) is 4.59. The summed E-state index contributed by atoms with van der Waals surface area (Å²) < 4.78 is 32.6. The Morgan fingerprint density at radius 2 is 1.86 bits per heavy atom. The smallest absolute Gasteiger partial charge is 0.240 e. The molecule has 6 heteroatoms. The fourth-order valence-electron chi connectivity index (χ4n) is 2.46. The molecule has 3 rings (SSSR count). The standard InChI is InChI=1S/C15H22N2O3S/c18-21(19,17-14-2-1-9-20-11-14)15-7-3-12(4-8-15)10-16-13-5-6-13/h3-4,7-8,13-14,16-17H,1-2,5-6,9-11H2. The number of ether oxygens (including phenoxy) is 1. The van der Waals surface area contributed by atoms with E-state index in [0.717, 1.165) is 31.6 Å². The van der Waals surface area contributed by atoms with E-state index in [1.807, 2.05) is 12.1 Å². The van der Waals surface area contributed by atoms with Crippen LogP contribution in [0.25, 0.3) is 0 Å². The van der Waals surface area contributed by atoms with Crippen molar-refractivity contribution in [3.63, 3.8) is 0 Å². The van der Waals surface area contributed by atoms with Gasteiger partial charge in [-0.1, -0.05) is 12.1 Å². The van der Waals surface area contributed by atoms with Crippen LogP contribution >= 0.6 is 0 Å². The molecule has 2 N–H and O–H groups in total. The minimum atomic E-state index is -3.45. The molecule has 1 atom stereocenters. The van der Waals surface area contributed by atoms with E-state index in [0.29, 0.717) is 17.5 Å². The molecule has 1 heterocycles. The van der Waals surface area contributed by atoms with Crippen molar-refractivity contribution in [2.75, 3.05) is 13.2 Å². The van der Waals surface area contributed by atoms with E-state index in [4.69, 9.17) is 4.74 Å². The van der Waals surface area contributed by atoms with Gasteiger partial charge < -0.3 is 10.1 Å². The number of benzene rings is 1. The average Bonchev–Trinajstić information content (AvgIpc) is 3.30. The molecule has 1 aliphatic heterocycles. The van der Waals surface area contributed by atoms with Gasteiger partial charge in [-0.25, -0.2) is 13.1 Å². The minimum absolute atomic E-state index is 0.111. The Bertz CT molecular complexity index is 561. The minimum Gasteiger partial charge on any atom is -0.380 e. The number of rotatable bonds is 6. The maximum Gasteiger partial charge on any atom is 0.240 e. The SMILES string of the molecule is O=S(=O)(NC1CCCOC1)c1ccc(CNC2CC2)cc1. The third kappa shape index (κ3) is 4.26. The van der Waals surface area contributed by atoms with Crippen molar-refractivity contribution in [1.29, 1.82) is 0 Å². The molecular formula is C15H22N2O3S. The van der Waals surface area contributed by atoms with Crippen molar-refractivity contribution in [2.24, 2.45) is 0 Å². The van der Waals surface area contributed by atoms with Gasteiger partial charge in [-0.15, -0.1) is 0 Å². The molecule has 1 unspecified atom stereocenters. The highest BCUT2D eigenvalue weighted by atomic mass is 32.2. The summed E-state index contributed by atoms with van der Waals surface area (Å²) in [5.41, 5.74) is 1.11. The molecular weight excluding hydrogens is 288 g/mol. The first-order valence-corrected chi connectivity index (χ1v) is 9.04. The quantitative estimate of drug-likeness (QED) is 0.833. The van der Waals surface area contributed by atoms with Gasteiger partial charge in [0.15, 0.2) is 0 Å². The van der Waals surface area contributed by atoms with Crippen molar-refractivity contribution in [3.05, 3.63) is 29.8 Å². The van der Waals surface area contributed by atoms with Crippen molar-refractivity contribution in [3.8, 4) is 0 Å². The first-order valence-electron chi connectivity index (χ1n) is 7.56. The second-order valence-corrected chi connectivity index (χ2v) is 7.55. The van der Waals surface area contributed by atoms with Gasteiger partial charge in [0.25, 0.3) is 0 Å². The van der Waals surface area contributed by atoms with Gasteiger partial charge in [0.1, 0.15) is 0 Å². The lowest BCUT2D eigenvalue weighted by atomic mass is 10.1. The first-order chi connectivity index (χ1) is 10.1. The molecule has 116 valence electrons. The van der Waals surface area contributed by atoms with Crippen molar-refractivity contribution >= 4 is 10.0 Å². The Hall–Kier alpha value is -0.950. The Morgan fingerprint density at radius 1 is 1.10 bits per heavy atom. The van der Waals surface area contributed by atoms with Gasteiger partial charge in [0.2, 0.25) is 10.0 Å². The average molecular weight is 310 g/mol. The van der Waals surface area contributed by atoms with E-state index >= 15 is 0 Å². The highest BCUT2D eigenvalue weighted by Crippen LogP contribution is 2.20. The fraction of sp³-hybridized carbons (Fsp3) is 0.600. The van der Waals surface area contributed by atoms with Gasteiger partial charge in [0.05, 0.1) is 11.5 Å². The largest absolute Gasteiger partial charge is 0.380 e. The second kappa shape index (κ2) is 6.44. The molecule has 0 aromatic heterocycles. The zero-order valence-electron chi connectivity index (χ0n) is 12.0. The lowest BCUT2D eigenvalue weighted by Gasteiger charge is -2.23. The normalized spacial score (nSPS) is 23.1. The molecule has 2 aliphatic rings. The maximum absolute atomic E-state index is 12.3. The summed E-state index contributed by atoms with van der Waals surface area (Å²) in [5.74, 6) is 0. The summed E-state index contributed by atoms with van der Waals surface area (Å²) in [6.45, 7) is 1.98. The fourth-order valence-corrected chi connectivity index (χ4v) is 3.71.